The molecule has 0 saturated carbocycles. The number of hydrogen-bond donors (Lipinski definition) is 0. The van der Waals surface area contributed by atoms with Crippen molar-refractivity contribution in [2.24, 2.45) is 0 Å². The Kier molecular flexibility index (Phi) is 2.63. The Morgan fingerprint density at radius 3 is 2.46 bits per heavy atom. The SMILES string of the molecule is O=c1cc[te]c(-c2ccccc2)c1. The van der Waals surface area contributed by atoms with Crippen LogP contribution in [-0.4, -0.2) is 20.4 Å². The third kappa shape index (κ3) is 2.09. The van der Waals surface area contributed by atoms with Gasteiger partial charge in [0.2, 0.25) is 0 Å². The molecule has 1 heterocycles. The molecule has 1 aromatic carbocycles. The molecular formula is C11H8OTe. The van der Waals surface area contributed by atoms with Crippen LogP contribution in [0.3, 0.4) is 0 Å². The van der Waals surface area contributed by atoms with E-state index in [9.17, 15) is 4.79 Å². The van der Waals surface area contributed by atoms with Gasteiger partial charge in [-0.15, -0.1) is 0 Å². The molecule has 0 aliphatic heterocycles. The van der Waals surface area contributed by atoms with E-state index >= 15 is 0 Å². The van der Waals surface area contributed by atoms with E-state index in [2.05, 4.69) is 12.1 Å². The third-order valence-corrected chi connectivity index (χ3v) is 4.27. The molecule has 0 bridgehead atoms. The van der Waals surface area contributed by atoms with E-state index in [0.717, 1.165) is 0 Å². The Hall–Kier alpha value is -0.840. The van der Waals surface area contributed by atoms with E-state index in [4.69, 9.17) is 0 Å². The van der Waals surface area contributed by atoms with E-state index in [1.165, 1.54) is 9.14 Å². The third-order valence-electron chi connectivity index (χ3n) is 1.76. The summed E-state index contributed by atoms with van der Waals surface area (Å²) in [6, 6.07) is 13.6. The maximum absolute atomic E-state index is 11.1. The van der Waals surface area contributed by atoms with Crippen molar-refractivity contribution in [2.75, 3.05) is 0 Å². The zero-order valence-corrected chi connectivity index (χ0v) is 9.27. The van der Waals surface area contributed by atoms with Crippen molar-refractivity contribution in [2.45, 2.75) is 0 Å². The van der Waals surface area contributed by atoms with E-state index < -0.39 is 0 Å². The first-order valence-electron chi connectivity index (χ1n) is 4.00. The van der Waals surface area contributed by atoms with Crippen molar-refractivity contribution in [1.82, 2.24) is 0 Å². The normalized spacial score (nSPS) is 9.85. The summed E-state index contributed by atoms with van der Waals surface area (Å²) in [6.07, 6.45) is 0. The van der Waals surface area contributed by atoms with Crippen molar-refractivity contribution in [3.8, 4) is 9.14 Å². The topological polar surface area (TPSA) is 17.1 Å². The van der Waals surface area contributed by atoms with Crippen molar-refractivity contribution in [1.29, 1.82) is 0 Å². The average molecular weight is 284 g/mol. The standard InChI is InChI=1S/C11H8OTe/c12-10-6-7-13-11(8-10)9-4-2-1-3-5-9/h1-8H. The molecule has 0 unspecified atom stereocenters. The Morgan fingerprint density at radius 1 is 1.00 bits per heavy atom. The first kappa shape index (κ1) is 8.74. The molecule has 13 heavy (non-hydrogen) atoms. The molecule has 2 rings (SSSR count). The minimum absolute atomic E-state index is 0.121. The van der Waals surface area contributed by atoms with Crippen molar-refractivity contribution >= 4 is 20.4 Å². The molecule has 0 aliphatic carbocycles. The molecule has 0 saturated heterocycles. The Bertz CT molecular complexity index is 445. The summed E-state index contributed by atoms with van der Waals surface area (Å²) in [7, 11) is 0. The van der Waals surface area contributed by atoms with Crippen LogP contribution in [0.2, 0.25) is 0 Å². The number of hydrogen-bond acceptors (Lipinski definition) is 1. The molecule has 2 heteroatoms. The van der Waals surface area contributed by atoms with Gasteiger partial charge in [-0.1, -0.05) is 0 Å². The molecule has 0 atom stereocenters. The van der Waals surface area contributed by atoms with Gasteiger partial charge in [0.05, 0.1) is 0 Å². The van der Waals surface area contributed by atoms with E-state index in [-0.39, 0.29) is 25.9 Å². The molecule has 0 fully saturated rings. The van der Waals surface area contributed by atoms with Crippen LogP contribution in [0.1, 0.15) is 0 Å². The molecular weight excluding hydrogens is 276 g/mol. The summed E-state index contributed by atoms with van der Waals surface area (Å²) in [5.41, 5.74) is 1.32. The molecule has 1 aromatic heterocycles. The first-order valence-corrected chi connectivity index (χ1v) is 6.51. The van der Waals surface area contributed by atoms with E-state index in [1.54, 1.807) is 12.1 Å². The van der Waals surface area contributed by atoms with E-state index in [1.807, 2.05) is 22.3 Å². The summed E-state index contributed by atoms with van der Waals surface area (Å²) >= 11 is -0.271. The molecule has 0 N–H and O–H groups in total. The van der Waals surface area contributed by atoms with Crippen LogP contribution in [0.25, 0.3) is 9.14 Å². The molecule has 0 amide bonds. The second kappa shape index (κ2) is 3.91. The fraction of sp³-hybridized carbons (Fsp3) is 0. The van der Waals surface area contributed by atoms with Crippen molar-refractivity contribution in [3.05, 3.63) is 56.8 Å². The van der Waals surface area contributed by atoms with Crippen LogP contribution >= 0.6 is 0 Å². The van der Waals surface area contributed by atoms with Crippen molar-refractivity contribution < 1.29 is 0 Å². The van der Waals surface area contributed by atoms with Crippen LogP contribution in [0.5, 0.6) is 0 Å². The van der Waals surface area contributed by atoms with Crippen LogP contribution in [0.4, 0.5) is 0 Å². The number of rotatable bonds is 1. The van der Waals surface area contributed by atoms with Crippen molar-refractivity contribution in [3.63, 3.8) is 0 Å². The van der Waals surface area contributed by atoms with Gasteiger partial charge in [-0.3, -0.25) is 0 Å². The summed E-state index contributed by atoms with van der Waals surface area (Å²) in [6.45, 7) is 0. The number of benzene rings is 1. The Labute approximate surface area is 86.3 Å². The Morgan fingerprint density at radius 2 is 1.77 bits per heavy atom. The molecule has 1 nitrogen and oxygen atoms in total. The monoisotopic (exact) mass is 286 g/mol. The van der Waals surface area contributed by atoms with Crippen LogP contribution < -0.4 is 5.43 Å². The summed E-state index contributed by atoms with van der Waals surface area (Å²) in [5.74, 6) is 0. The maximum atomic E-state index is 11.1. The molecule has 64 valence electrons. The van der Waals surface area contributed by atoms with Gasteiger partial charge in [0.1, 0.15) is 0 Å². The zero-order valence-electron chi connectivity index (χ0n) is 6.94. The summed E-state index contributed by atoms with van der Waals surface area (Å²) in [5, 5.41) is 0. The minimum atomic E-state index is -0.271. The van der Waals surface area contributed by atoms with Gasteiger partial charge in [-0.05, 0) is 0 Å². The zero-order chi connectivity index (χ0) is 9.10. The van der Waals surface area contributed by atoms with Gasteiger partial charge >= 0.3 is 86.3 Å². The van der Waals surface area contributed by atoms with Gasteiger partial charge < -0.3 is 0 Å². The van der Waals surface area contributed by atoms with E-state index in [0.29, 0.717) is 0 Å². The van der Waals surface area contributed by atoms with Crippen LogP contribution in [0.15, 0.2) is 51.3 Å². The molecule has 0 aliphatic rings. The fourth-order valence-corrected chi connectivity index (χ4v) is 3.44. The summed E-state index contributed by atoms with van der Waals surface area (Å²) in [4.78, 5) is 11.1. The van der Waals surface area contributed by atoms with Gasteiger partial charge in [-0.25, -0.2) is 0 Å². The average Bonchev–Trinajstić information content (AvgIpc) is 2.19. The van der Waals surface area contributed by atoms with Gasteiger partial charge in [0.25, 0.3) is 0 Å². The van der Waals surface area contributed by atoms with Gasteiger partial charge in [-0.2, -0.15) is 0 Å². The first-order chi connectivity index (χ1) is 6.36. The predicted molar refractivity (Wildman–Crippen MR) is 55.1 cm³/mol. The van der Waals surface area contributed by atoms with Gasteiger partial charge in [0.15, 0.2) is 0 Å². The second-order valence-corrected chi connectivity index (χ2v) is 5.40. The summed E-state index contributed by atoms with van der Waals surface area (Å²) < 4.78 is 3.27. The second-order valence-electron chi connectivity index (χ2n) is 2.70. The molecule has 0 radical (unpaired) electrons. The predicted octanol–water partition coefficient (Wildman–Crippen LogP) is 1.77. The van der Waals surface area contributed by atoms with Gasteiger partial charge in [0, 0.05) is 0 Å². The van der Waals surface area contributed by atoms with Crippen LogP contribution in [-0.2, 0) is 0 Å². The molecule has 0 spiro atoms. The molecule has 2 aromatic rings. The fourth-order valence-electron chi connectivity index (χ4n) is 1.14. The Balaban J connectivity index is 2.54. The quantitative estimate of drug-likeness (QED) is 0.729. The van der Waals surface area contributed by atoms with Crippen LogP contribution in [0, 0.1) is 0 Å².